The molecule has 0 aliphatic carbocycles. The third kappa shape index (κ3) is 3.72. The van der Waals surface area contributed by atoms with E-state index in [4.69, 9.17) is 0 Å². The number of halogens is 2. The number of benzene rings is 1. The normalized spacial score (nSPS) is 17.2. The van der Waals surface area contributed by atoms with Gasteiger partial charge in [-0.3, -0.25) is 4.79 Å². The summed E-state index contributed by atoms with van der Waals surface area (Å²) in [5.41, 5.74) is -0.946. The van der Waals surface area contributed by atoms with Crippen molar-refractivity contribution in [1.29, 1.82) is 0 Å². The van der Waals surface area contributed by atoms with Gasteiger partial charge in [0, 0.05) is 0 Å². The van der Waals surface area contributed by atoms with Crippen LogP contribution in [0.3, 0.4) is 0 Å². The Hall–Kier alpha value is -1.63. The van der Waals surface area contributed by atoms with Crippen LogP contribution in [-0.4, -0.2) is 34.0 Å². The molecule has 1 saturated heterocycles. The maximum atomic E-state index is 13.1. The molecule has 114 valence electrons. The van der Waals surface area contributed by atoms with Gasteiger partial charge in [0.25, 0.3) is 0 Å². The van der Waals surface area contributed by atoms with Crippen molar-refractivity contribution in [2.45, 2.75) is 24.8 Å². The molecule has 1 aromatic rings. The van der Waals surface area contributed by atoms with Crippen LogP contribution in [0.2, 0.25) is 0 Å². The number of amides is 1. The van der Waals surface area contributed by atoms with Gasteiger partial charge in [-0.15, -0.1) is 0 Å². The van der Waals surface area contributed by atoms with Crippen LogP contribution in [0.4, 0.5) is 8.78 Å². The number of aliphatic carboxylic acids is 1. The van der Waals surface area contributed by atoms with E-state index in [0.29, 0.717) is 29.9 Å². The van der Waals surface area contributed by atoms with Gasteiger partial charge in [-0.1, -0.05) is 6.07 Å². The maximum absolute atomic E-state index is 13.1. The van der Waals surface area contributed by atoms with Crippen LogP contribution >= 0.6 is 11.8 Å². The van der Waals surface area contributed by atoms with Gasteiger partial charge < -0.3 is 10.4 Å². The maximum Gasteiger partial charge on any atom is 0.329 e. The van der Waals surface area contributed by atoms with Gasteiger partial charge in [0.05, 0.1) is 6.42 Å². The fourth-order valence-corrected chi connectivity index (χ4v) is 3.45. The summed E-state index contributed by atoms with van der Waals surface area (Å²) in [5, 5.41) is 11.9. The molecule has 21 heavy (non-hydrogen) atoms. The van der Waals surface area contributed by atoms with Gasteiger partial charge in [0.1, 0.15) is 5.54 Å². The number of hydrogen-bond acceptors (Lipinski definition) is 3. The molecule has 0 bridgehead atoms. The van der Waals surface area contributed by atoms with Crippen LogP contribution in [0.15, 0.2) is 18.2 Å². The van der Waals surface area contributed by atoms with Gasteiger partial charge >= 0.3 is 5.97 Å². The van der Waals surface area contributed by atoms with Crippen molar-refractivity contribution in [2.24, 2.45) is 0 Å². The summed E-state index contributed by atoms with van der Waals surface area (Å²) in [6.45, 7) is 0. The fourth-order valence-electron chi connectivity index (χ4n) is 2.26. The highest BCUT2D eigenvalue weighted by Crippen LogP contribution is 2.27. The van der Waals surface area contributed by atoms with E-state index in [0.717, 1.165) is 12.1 Å². The topological polar surface area (TPSA) is 66.4 Å². The standard InChI is InChI=1S/C14H15F2NO3S/c15-10-2-1-9(7-11(10)16)8-12(18)17-14(13(19)20)3-5-21-6-4-14/h1-2,7H,3-6,8H2,(H,17,18)(H,19,20). The number of hydrogen-bond donors (Lipinski definition) is 2. The molecule has 1 aliphatic rings. The number of rotatable bonds is 4. The summed E-state index contributed by atoms with van der Waals surface area (Å²) < 4.78 is 25.9. The Labute approximate surface area is 124 Å². The highest BCUT2D eigenvalue weighted by molar-refractivity contribution is 7.99. The van der Waals surface area contributed by atoms with Crippen LogP contribution in [0, 0.1) is 11.6 Å². The lowest BCUT2D eigenvalue weighted by atomic mass is 9.92. The quantitative estimate of drug-likeness (QED) is 0.891. The van der Waals surface area contributed by atoms with Crippen molar-refractivity contribution in [2.75, 3.05) is 11.5 Å². The Morgan fingerprint density at radius 2 is 1.90 bits per heavy atom. The number of thioether (sulfide) groups is 1. The highest BCUT2D eigenvalue weighted by atomic mass is 32.2. The minimum absolute atomic E-state index is 0.181. The minimum atomic E-state index is -1.25. The molecule has 0 spiro atoms. The van der Waals surface area contributed by atoms with E-state index in [-0.39, 0.29) is 6.42 Å². The summed E-state index contributed by atoms with van der Waals surface area (Å²) in [6, 6.07) is 3.20. The molecular formula is C14H15F2NO3S. The molecule has 1 amide bonds. The van der Waals surface area contributed by atoms with Gasteiger partial charge in [0.15, 0.2) is 11.6 Å². The summed E-state index contributed by atoms with van der Waals surface area (Å²) in [4.78, 5) is 23.4. The second-order valence-corrected chi connectivity index (χ2v) is 6.20. The minimum Gasteiger partial charge on any atom is -0.480 e. The first-order valence-corrected chi connectivity index (χ1v) is 7.64. The van der Waals surface area contributed by atoms with E-state index < -0.39 is 29.0 Å². The molecule has 2 rings (SSSR count). The zero-order valence-corrected chi connectivity index (χ0v) is 12.0. The molecule has 0 aromatic heterocycles. The van der Waals surface area contributed by atoms with Crippen molar-refractivity contribution >= 4 is 23.6 Å². The predicted molar refractivity (Wildman–Crippen MR) is 75.1 cm³/mol. The molecule has 7 heteroatoms. The van der Waals surface area contributed by atoms with Crippen molar-refractivity contribution in [3.8, 4) is 0 Å². The highest BCUT2D eigenvalue weighted by Gasteiger charge is 2.41. The average Bonchev–Trinajstić information content (AvgIpc) is 2.43. The lowest BCUT2D eigenvalue weighted by Gasteiger charge is -2.33. The Bertz CT molecular complexity index is 559. The van der Waals surface area contributed by atoms with Crippen molar-refractivity contribution in [1.82, 2.24) is 5.32 Å². The Kier molecular flexibility index (Phi) is 4.82. The molecule has 1 fully saturated rings. The first-order valence-electron chi connectivity index (χ1n) is 6.49. The molecule has 0 atom stereocenters. The van der Waals surface area contributed by atoms with Crippen molar-refractivity contribution < 1.29 is 23.5 Å². The lowest BCUT2D eigenvalue weighted by Crippen LogP contribution is -2.56. The van der Waals surface area contributed by atoms with E-state index in [1.54, 1.807) is 11.8 Å². The second-order valence-electron chi connectivity index (χ2n) is 4.97. The molecule has 0 saturated carbocycles. The number of carboxylic acid groups (broad SMARTS) is 1. The summed E-state index contributed by atoms with van der Waals surface area (Å²) in [5.74, 6) is -2.24. The average molecular weight is 315 g/mol. The number of carboxylic acids is 1. The molecule has 0 radical (unpaired) electrons. The molecule has 2 N–H and O–H groups in total. The number of carbonyl (C=O) groups excluding carboxylic acids is 1. The summed E-state index contributed by atoms with van der Waals surface area (Å²) in [6.07, 6.45) is 0.534. The van der Waals surface area contributed by atoms with E-state index in [1.807, 2.05) is 0 Å². The predicted octanol–water partition coefficient (Wildman–Crippen LogP) is 1.97. The Morgan fingerprint density at radius 1 is 1.24 bits per heavy atom. The Balaban J connectivity index is 2.05. The van der Waals surface area contributed by atoms with E-state index in [1.165, 1.54) is 6.07 Å². The van der Waals surface area contributed by atoms with Crippen LogP contribution in [0.25, 0.3) is 0 Å². The lowest BCUT2D eigenvalue weighted by molar-refractivity contribution is -0.148. The number of nitrogens with one attached hydrogen (secondary N) is 1. The third-order valence-corrected chi connectivity index (χ3v) is 4.47. The van der Waals surface area contributed by atoms with Gasteiger partial charge in [-0.05, 0) is 42.0 Å². The zero-order valence-electron chi connectivity index (χ0n) is 11.2. The molecule has 1 aromatic carbocycles. The van der Waals surface area contributed by atoms with E-state index >= 15 is 0 Å². The molecule has 4 nitrogen and oxygen atoms in total. The molecular weight excluding hydrogens is 300 g/mol. The fraction of sp³-hybridized carbons (Fsp3) is 0.429. The van der Waals surface area contributed by atoms with E-state index in [2.05, 4.69) is 5.32 Å². The second kappa shape index (κ2) is 6.43. The molecule has 0 unspecified atom stereocenters. The van der Waals surface area contributed by atoms with Gasteiger partial charge in [-0.2, -0.15) is 11.8 Å². The van der Waals surface area contributed by atoms with Gasteiger partial charge in [0.2, 0.25) is 5.91 Å². The molecule has 1 heterocycles. The van der Waals surface area contributed by atoms with Gasteiger partial charge in [-0.25, -0.2) is 13.6 Å². The monoisotopic (exact) mass is 315 g/mol. The largest absolute Gasteiger partial charge is 0.480 e. The van der Waals surface area contributed by atoms with Crippen LogP contribution < -0.4 is 5.32 Å². The smallest absolute Gasteiger partial charge is 0.329 e. The van der Waals surface area contributed by atoms with E-state index in [9.17, 15) is 23.5 Å². The number of carbonyl (C=O) groups is 2. The molecule has 1 aliphatic heterocycles. The first kappa shape index (κ1) is 15.8. The summed E-state index contributed by atoms with van der Waals surface area (Å²) >= 11 is 1.64. The zero-order chi connectivity index (χ0) is 15.5. The van der Waals surface area contributed by atoms with Crippen molar-refractivity contribution in [3.63, 3.8) is 0 Å². The van der Waals surface area contributed by atoms with Crippen LogP contribution in [-0.2, 0) is 16.0 Å². The first-order chi connectivity index (χ1) is 9.93. The van der Waals surface area contributed by atoms with Crippen LogP contribution in [0.5, 0.6) is 0 Å². The van der Waals surface area contributed by atoms with Crippen LogP contribution in [0.1, 0.15) is 18.4 Å². The summed E-state index contributed by atoms with van der Waals surface area (Å²) in [7, 11) is 0. The SMILES string of the molecule is O=C(Cc1ccc(F)c(F)c1)NC1(C(=O)O)CCSCC1. The van der Waals surface area contributed by atoms with Crippen molar-refractivity contribution in [3.05, 3.63) is 35.4 Å². The third-order valence-electron chi connectivity index (χ3n) is 3.48. The Morgan fingerprint density at radius 3 is 2.48 bits per heavy atom.